The Morgan fingerprint density at radius 3 is 1.26 bits per heavy atom. The fourth-order valence-corrected chi connectivity index (χ4v) is 4.67. The third-order valence-corrected chi connectivity index (χ3v) is 6.40. The molecule has 0 spiro atoms. The molecule has 0 aromatic carbocycles. The van der Waals surface area contributed by atoms with E-state index >= 15 is 0 Å². The first-order chi connectivity index (χ1) is 10.9. The largest absolute Gasteiger partial charge is 0.483 e. The van der Waals surface area contributed by atoms with Crippen molar-refractivity contribution in [2.75, 3.05) is 26.4 Å². The van der Waals surface area contributed by atoms with E-state index in [4.69, 9.17) is 22.4 Å². The monoisotopic (exact) mass is 374 g/mol. The summed E-state index contributed by atoms with van der Waals surface area (Å²) in [6, 6.07) is 0. The minimum absolute atomic E-state index is 0.104. The van der Waals surface area contributed by atoms with Crippen molar-refractivity contribution in [1.29, 1.82) is 0 Å². The summed E-state index contributed by atoms with van der Waals surface area (Å²) in [5, 5.41) is 0. The van der Waals surface area contributed by atoms with Crippen LogP contribution in [-0.4, -0.2) is 26.4 Å². The molecule has 0 bridgehead atoms. The molecule has 0 aliphatic rings. The van der Waals surface area contributed by atoms with Crippen molar-refractivity contribution in [3.8, 4) is 0 Å². The molecule has 0 aromatic rings. The van der Waals surface area contributed by atoms with Gasteiger partial charge in [0.1, 0.15) is 0 Å². The summed E-state index contributed by atoms with van der Waals surface area (Å²) in [5.74, 6) is 0. The summed E-state index contributed by atoms with van der Waals surface area (Å²) in [7, 11) is -7.97. The standard InChI is InChI=1S/C14H32O7P2/c1-5-9-12-18-22(15,17-8-4)21-23(16,19-13-10-6-2)20-14-11-7-3/h5-14H2,1-4H3. The molecule has 23 heavy (non-hydrogen) atoms. The Labute approximate surface area is 140 Å². The second-order valence-electron chi connectivity index (χ2n) is 4.95. The average Bonchev–Trinajstić information content (AvgIpc) is 2.48. The first-order valence-corrected chi connectivity index (χ1v) is 11.4. The maximum Gasteiger partial charge on any atom is 0.483 e. The number of hydrogen-bond acceptors (Lipinski definition) is 7. The zero-order valence-corrected chi connectivity index (χ0v) is 16.6. The van der Waals surface area contributed by atoms with Gasteiger partial charge in [0.15, 0.2) is 0 Å². The molecule has 140 valence electrons. The first-order valence-electron chi connectivity index (χ1n) is 8.44. The lowest BCUT2D eigenvalue weighted by Gasteiger charge is -2.22. The highest BCUT2D eigenvalue weighted by molar-refractivity contribution is 7.62. The summed E-state index contributed by atoms with van der Waals surface area (Å²) in [6.45, 7) is 8.27. The Hall–Kier alpha value is 0.260. The van der Waals surface area contributed by atoms with Crippen LogP contribution in [0.1, 0.15) is 66.2 Å². The van der Waals surface area contributed by atoms with Crippen LogP contribution < -0.4 is 0 Å². The summed E-state index contributed by atoms with van der Waals surface area (Å²) < 4.78 is 51.1. The molecule has 1 atom stereocenters. The van der Waals surface area contributed by atoms with Gasteiger partial charge in [-0.1, -0.05) is 40.0 Å². The molecule has 0 radical (unpaired) electrons. The fourth-order valence-electron chi connectivity index (χ4n) is 1.41. The van der Waals surface area contributed by atoms with Gasteiger partial charge in [-0.25, -0.2) is 9.13 Å². The Balaban J connectivity index is 4.87. The summed E-state index contributed by atoms with van der Waals surface area (Å²) in [6.07, 6.45) is 4.68. The van der Waals surface area contributed by atoms with E-state index in [0.717, 1.165) is 19.3 Å². The molecule has 0 saturated carbocycles. The predicted octanol–water partition coefficient (Wildman–Crippen LogP) is 5.71. The van der Waals surface area contributed by atoms with E-state index in [0.29, 0.717) is 19.3 Å². The van der Waals surface area contributed by atoms with E-state index in [1.165, 1.54) is 0 Å². The second kappa shape index (κ2) is 13.5. The Morgan fingerprint density at radius 2 is 0.957 bits per heavy atom. The number of hydrogen-bond donors (Lipinski definition) is 0. The second-order valence-corrected chi connectivity index (χ2v) is 8.43. The third-order valence-electron chi connectivity index (χ3n) is 2.73. The molecule has 0 N–H and O–H groups in total. The Morgan fingerprint density at radius 1 is 0.609 bits per heavy atom. The van der Waals surface area contributed by atoms with Gasteiger partial charge >= 0.3 is 15.6 Å². The molecule has 1 unspecified atom stereocenters. The van der Waals surface area contributed by atoms with Gasteiger partial charge in [-0.2, -0.15) is 4.31 Å². The van der Waals surface area contributed by atoms with Crippen LogP contribution in [0.5, 0.6) is 0 Å². The van der Waals surface area contributed by atoms with Crippen molar-refractivity contribution in [3.63, 3.8) is 0 Å². The molecule has 0 heterocycles. The Kier molecular flexibility index (Phi) is 13.7. The molecule has 7 nitrogen and oxygen atoms in total. The molecule has 0 rings (SSSR count). The van der Waals surface area contributed by atoms with E-state index in [1.54, 1.807) is 6.92 Å². The highest BCUT2D eigenvalue weighted by Gasteiger charge is 2.40. The molecule has 0 amide bonds. The lowest BCUT2D eigenvalue weighted by molar-refractivity contribution is 0.109. The number of unbranched alkanes of at least 4 members (excludes halogenated alkanes) is 3. The van der Waals surface area contributed by atoms with Crippen molar-refractivity contribution < 1.29 is 31.5 Å². The van der Waals surface area contributed by atoms with E-state index < -0.39 is 15.6 Å². The topological polar surface area (TPSA) is 80.3 Å². The van der Waals surface area contributed by atoms with Crippen molar-refractivity contribution >= 4 is 15.6 Å². The van der Waals surface area contributed by atoms with Crippen molar-refractivity contribution in [1.82, 2.24) is 0 Å². The maximum absolute atomic E-state index is 12.7. The lowest BCUT2D eigenvalue weighted by Crippen LogP contribution is -2.06. The molecular formula is C14H32O7P2. The fraction of sp³-hybridized carbons (Fsp3) is 1.00. The van der Waals surface area contributed by atoms with Crippen LogP contribution in [0.4, 0.5) is 0 Å². The summed E-state index contributed by atoms with van der Waals surface area (Å²) in [5.41, 5.74) is 0. The van der Waals surface area contributed by atoms with Crippen LogP contribution in [0.15, 0.2) is 0 Å². The van der Waals surface area contributed by atoms with Crippen LogP contribution >= 0.6 is 15.6 Å². The van der Waals surface area contributed by atoms with E-state index in [1.807, 2.05) is 20.8 Å². The summed E-state index contributed by atoms with van der Waals surface area (Å²) >= 11 is 0. The van der Waals surface area contributed by atoms with E-state index in [2.05, 4.69) is 0 Å². The molecule has 0 aliphatic carbocycles. The molecule has 0 saturated heterocycles. The lowest BCUT2D eigenvalue weighted by atomic mass is 10.4. The van der Waals surface area contributed by atoms with Gasteiger partial charge < -0.3 is 0 Å². The molecular weight excluding hydrogens is 342 g/mol. The quantitative estimate of drug-likeness (QED) is 0.253. The van der Waals surface area contributed by atoms with Crippen LogP contribution in [0.25, 0.3) is 0 Å². The van der Waals surface area contributed by atoms with Gasteiger partial charge in [0, 0.05) is 0 Å². The highest BCUT2D eigenvalue weighted by atomic mass is 31.3. The predicted molar refractivity (Wildman–Crippen MR) is 90.5 cm³/mol. The SMILES string of the molecule is CCCCOP(=O)(OCC)OP(=O)(OCCCC)OCCCC. The minimum atomic E-state index is -3.99. The smallest absolute Gasteiger partial charge is 0.287 e. The number of phosphoric ester groups is 2. The first kappa shape index (κ1) is 23.3. The van der Waals surface area contributed by atoms with Crippen LogP contribution in [0, 0.1) is 0 Å². The van der Waals surface area contributed by atoms with Gasteiger partial charge in [-0.3, -0.25) is 18.1 Å². The van der Waals surface area contributed by atoms with E-state index in [9.17, 15) is 9.13 Å². The highest BCUT2D eigenvalue weighted by Crippen LogP contribution is 2.66. The van der Waals surface area contributed by atoms with E-state index in [-0.39, 0.29) is 26.4 Å². The zero-order valence-electron chi connectivity index (χ0n) is 14.8. The third kappa shape index (κ3) is 11.4. The molecule has 9 heteroatoms. The van der Waals surface area contributed by atoms with Crippen LogP contribution in [-0.2, 0) is 31.5 Å². The molecule has 0 fully saturated rings. The van der Waals surface area contributed by atoms with Gasteiger partial charge in [0.25, 0.3) is 0 Å². The van der Waals surface area contributed by atoms with Crippen LogP contribution in [0.2, 0.25) is 0 Å². The molecule has 0 aliphatic heterocycles. The molecule has 0 aromatic heterocycles. The van der Waals surface area contributed by atoms with Crippen molar-refractivity contribution in [3.05, 3.63) is 0 Å². The van der Waals surface area contributed by atoms with Crippen molar-refractivity contribution in [2.24, 2.45) is 0 Å². The van der Waals surface area contributed by atoms with Gasteiger partial charge in [-0.05, 0) is 26.2 Å². The van der Waals surface area contributed by atoms with Crippen LogP contribution in [0.3, 0.4) is 0 Å². The van der Waals surface area contributed by atoms with Crippen molar-refractivity contribution in [2.45, 2.75) is 66.2 Å². The Bertz CT molecular complexity index is 362. The average molecular weight is 374 g/mol. The van der Waals surface area contributed by atoms with Gasteiger partial charge in [-0.15, -0.1) is 0 Å². The van der Waals surface area contributed by atoms with Gasteiger partial charge in [0.05, 0.1) is 26.4 Å². The zero-order chi connectivity index (χ0) is 17.6. The normalized spacial score (nSPS) is 14.8. The van der Waals surface area contributed by atoms with Gasteiger partial charge in [0.2, 0.25) is 0 Å². The number of phosphoric acid groups is 2. The number of rotatable bonds is 16. The minimum Gasteiger partial charge on any atom is -0.287 e. The summed E-state index contributed by atoms with van der Waals surface area (Å²) in [4.78, 5) is 0. The maximum atomic E-state index is 12.7.